The Morgan fingerprint density at radius 1 is 1.15 bits per heavy atom. The van der Waals surface area contributed by atoms with Crippen LogP contribution in [0.3, 0.4) is 0 Å². The molecule has 0 spiro atoms. The van der Waals surface area contributed by atoms with E-state index in [1.54, 1.807) is 0 Å². The van der Waals surface area contributed by atoms with Crippen molar-refractivity contribution < 1.29 is 19.4 Å². The zero-order valence-electron chi connectivity index (χ0n) is 11.6. The fourth-order valence-electron chi connectivity index (χ4n) is 1.65. The lowest BCUT2D eigenvalue weighted by atomic mass is 10.1. The van der Waals surface area contributed by atoms with E-state index < -0.39 is 12.1 Å². The lowest BCUT2D eigenvalue weighted by Gasteiger charge is -2.11. The van der Waals surface area contributed by atoms with Crippen molar-refractivity contribution in [3.8, 4) is 18.4 Å². The van der Waals surface area contributed by atoms with Crippen LogP contribution in [0.2, 0.25) is 0 Å². The molecule has 20 heavy (non-hydrogen) atoms. The number of hydrogen-bond donors (Lipinski definition) is 1. The van der Waals surface area contributed by atoms with Crippen molar-refractivity contribution >= 4 is 11.9 Å². The maximum absolute atomic E-state index is 11.5. The summed E-state index contributed by atoms with van der Waals surface area (Å²) in [6.07, 6.45) is 9.57. The molecule has 0 heterocycles. The number of aliphatic carboxylic acids is 1. The second kappa shape index (κ2) is 12.0. The molecule has 0 aliphatic rings. The van der Waals surface area contributed by atoms with Gasteiger partial charge in [-0.05, 0) is 32.1 Å². The Hall–Kier alpha value is -2.01. The molecule has 0 aromatic heterocycles. The van der Waals surface area contributed by atoms with E-state index in [-0.39, 0.29) is 18.8 Å². The Labute approximate surface area is 119 Å². The number of rotatable bonds is 11. The lowest BCUT2D eigenvalue weighted by Crippen LogP contribution is -2.16. The molecule has 1 N–H and O–H groups in total. The van der Waals surface area contributed by atoms with Crippen LogP contribution in [0.5, 0.6) is 0 Å². The van der Waals surface area contributed by atoms with E-state index in [0.29, 0.717) is 32.1 Å². The summed E-state index contributed by atoms with van der Waals surface area (Å²) >= 11 is 0. The molecule has 0 rings (SSSR count). The first-order valence-corrected chi connectivity index (χ1v) is 6.84. The third-order valence-corrected chi connectivity index (χ3v) is 2.74. The molecule has 110 valence electrons. The van der Waals surface area contributed by atoms with Crippen LogP contribution in [0.15, 0.2) is 0 Å². The van der Waals surface area contributed by atoms with E-state index >= 15 is 0 Å². The largest absolute Gasteiger partial charge is 0.481 e. The molecular formula is C15H21NO4. The fraction of sp³-hybridized carbons (Fsp3) is 0.667. The molecule has 0 saturated heterocycles. The summed E-state index contributed by atoms with van der Waals surface area (Å²) in [6.45, 7) is 0. The normalized spacial score (nSPS) is 11.1. The number of unbranched alkanes of at least 4 members (excludes halogenated alkanes) is 4. The second-order valence-electron chi connectivity index (χ2n) is 4.50. The van der Waals surface area contributed by atoms with Gasteiger partial charge < -0.3 is 9.84 Å². The van der Waals surface area contributed by atoms with Crippen LogP contribution in [0, 0.1) is 23.7 Å². The van der Waals surface area contributed by atoms with Crippen LogP contribution in [-0.2, 0) is 14.3 Å². The first kappa shape index (κ1) is 18.0. The number of nitriles is 1. The zero-order valence-corrected chi connectivity index (χ0v) is 11.6. The van der Waals surface area contributed by atoms with Crippen LogP contribution >= 0.6 is 0 Å². The predicted molar refractivity (Wildman–Crippen MR) is 73.5 cm³/mol. The maximum atomic E-state index is 11.5. The summed E-state index contributed by atoms with van der Waals surface area (Å²) in [5.74, 6) is 1.26. The number of terminal acetylenes is 1. The molecule has 0 saturated carbocycles. The zero-order chi connectivity index (χ0) is 15.2. The first-order chi connectivity index (χ1) is 9.60. The Balaban J connectivity index is 3.68. The number of carbonyl (C=O) groups is 2. The summed E-state index contributed by atoms with van der Waals surface area (Å²) < 4.78 is 5.13. The highest BCUT2D eigenvalue weighted by Gasteiger charge is 2.11. The number of carboxylic acid groups (broad SMARTS) is 1. The molecule has 0 aliphatic carbocycles. The minimum Gasteiger partial charge on any atom is -0.481 e. The Bertz CT molecular complexity index is 378. The van der Waals surface area contributed by atoms with Crippen LogP contribution in [0.1, 0.15) is 57.8 Å². The van der Waals surface area contributed by atoms with E-state index in [1.165, 1.54) is 0 Å². The number of carboxylic acids is 1. The second-order valence-corrected chi connectivity index (χ2v) is 4.50. The van der Waals surface area contributed by atoms with Crippen LogP contribution < -0.4 is 0 Å². The molecule has 1 unspecified atom stereocenters. The van der Waals surface area contributed by atoms with Crippen LogP contribution in [0.4, 0.5) is 0 Å². The standard InChI is InChI=1S/C15H21NO4/c1-2-13(9-5-4-8-12-16)20-15(19)11-7-3-6-10-14(17)18/h1,13H,3-11H2,(H,17,18). The molecule has 1 atom stereocenters. The number of esters is 1. The van der Waals surface area contributed by atoms with E-state index in [1.807, 2.05) is 6.07 Å². The average Bonchev–Trinajstić information content (AvgIpc) is 2.41. The van der Waals surface area contributed by atoms with Gasteiger partial charge in [-0.1, -0.05) is 12.3 Å². The molecular weight excluding hydrogens is 258 g/mol. The minimum absolute atomic E-state index is 0.126. The predicted octanol–water partition coefficient (Wildman–Crippen LogP) is 2.65. The van der Waals surface area contributed by atoms with E-state index in [0.717, 1.165) is 12.8 Å². The maximum Gasteiger partial charge on any atom is 0.307 e. The third kappa shape index (κ3) is 11.1. The molecule has 0 amide bonds. The highest BCUT2D eigenvalue weighted by molar-refractivity contribution is 5.69. The van der Waals surface area contributed by atoms with Crippen molar-refractivity contribution in [2.45, 2.75) is 63.9 Å². The van der Waals surface area contributed by atoms with Gasteiger partial charge in [0.2, 0.25) is 0 Å². The first-order valence-electron chi connectivity index (χ1n) is 6.84. The lowest BCUT2D eigenvalue weighted by molar-refractivity contribution is -0.146. The molecule has 5 nitrogen and oxygen atoms in total. The topological polar surface area (TPSA) is 87.4 Å². The molecule has 0 aromatic rings. The van der Waals surface area contributed by atoms with Crippen molar-refractivity contribution in [3.63, 3.8) is 0 Å². The van der Waals surface area contributed by atoms with Crippen LogP contribution in [0.25, 0.3) is 0 Å². The number of nitrogens with zero attached hydrogens (tertiary/aromatic N) is 1. The smallest absolute Gasteiger partial charge is 0.307 e. The summed E-state index contributed by atoms with van der Waals surface area (Å²) in [7, 11) is 0. The van der Waals surface area contributed by atoms with Crippen molar-refractivity contribution in [2.75, 3.05) is 0 Å². The molecule has 5 heteroatoms. The van der Waals surface area contributed by atoms with Gasteiger partial charge in [0.05, 0.1) is 6.07 Å². The van der Waals surface area contributed by atoms with Crippen molar-refractivity contribution in [1.82, 2.24) is 0 Å². The minimum atomic E-state index is -0.822. The van der Waals surface area contributed by atoms with E-state index in [2.05, 4.69) is 5.92 Å². The Morgan fingerprint density at radius 3 is 2.45 bits per heavy atom. The summed E-state index contributed by atoms with van der Waals surface area (Å²) in [6, 6.07) is 2.05. The van der Waals surface area contributed by atoms with Gasteiger partial charge in [-0.15, -0.1) is 6.42 Å². The molecule has 0 bridgehead atoms. The molecule has 0 aromatic carbocycles. The molecule has 0 fully saturated rings. The van der Waals surface area contributed by atoms with Crippen LogP contribution in [-0.4, -0.2) is 23.1 Å². The molecule has 0 aliphatic heterocycles. The SMILES string of the molecule is C#CC(CCCCC#N)OC(=O)CCCCCC(=O)O. The number of carbonyl (C=O) groups excluding carboxylic acids is 1. The Morgan fingerprint density at radius 2 is 1.85 bits per heavy atom. The van der Waals surface area contributed by atoms with Gasteiger partial charge in [0.1, 0.15) is 0 Å². The summed E-state index contributed by atoms with van der Waals surface area (Å²) in [5.41, 5.74) is 0. The van der Waals surface area contributed by atoms with Gasteiger partial charge >= 0.3 is 11.9 Å². The quantitative estimate of drug-likeness (QED) is 0.357. The van der Waals surface area contributed by atoms with Crippen molar-refractivity contribution in [2.24, 2.45) is 0 Å². The highest BCUT2D eigenvalue weighted by Crippen LogP contribution is 2.09. The Kier molecular flexibility index (Phi) is 10.8. The van der Waals surface area contributed by atoms with E-state index in [4.69, 9.17) is 21.5 Å². The van der Waals surface area contributed by atoms with Gasteiger partial charge in [0, 0.05) is 19.3 Å². The van der Waals surface area contributed by atoms with Gasteiger partial charge in [-0.3, -0.25) is 9.59 Å². The summed E-state index contributed by atoms with van der Waals surface area (Å²) in [4.78, 5) is 21.8. The average molecular weight is 279 g/mol. The molecule has 0 radical (unpaired) electrons. The van der Waals surface area contributed by atoms with E-state index in [9.17, 15) is 9.59 Å². The highest BCUT2D eigenvalue weighted by atomic mass is 16.5. The van der Waals surface area contributed by atoms with Gasteiger partial charge in [0.25, 0.3) is 0 Å². The number of ether oxygens (including phenoxy) is 1. The number of hydrogen-bond acceptors (Lipinski definition) is 4. The fourth-order valence-corrected chi connectivity index (χ4v) is 1.65. The van der Waals surface area contributed by atoms with Gasteiger partial charge in [-0.2, -0.15) is 5.26 Å². The van der Waals surface area contributed by atoms with Gasteiger partial charge in [-0.25, -0.2) is 0 Å². The monoisotopic (exact) mass is 279 g/mol. The van der Waals surface area contributed by atoms with Crippen molar-refractivity contribution in [3.05, 3.63) is 0 Å². The van der Waals surface area contributed by atoms with Gasteiger partial charge in [0.15, 0.2) is 6.10 Å². The van der Waals surface area contributed by atoms with Crippen molar-refractivity contribution in [1.29, 1.82) is 5.26 Å². The summed E-state index contributed by atoms with van der Waals surface area (Å²) in [5, 5.41) is 16.9. The third-order valence-electron chi connectivity index (χ3n) is 2.74.